The second-order valence-corrected chi connectivity index (χ2v) is 5.31. The van der Waals surface area contributed by atoms with Crippen LogP contribution in [0.15, 0.2) is 0 Å². The molecule has 3 heteroatoms. The zero-order valence-corrected chi connectivity index (χ0v) is 11.0. The predicted molar refractivity (Wildman–Crippen MR) is 70.0 cm³/mol. The van der Waals surface area contributed by atoms with Crippen molar-refractivity contribution in [3.63, 3.8) is 0 Å². The lowest BCUT2D eigenvalue weighted by molar-refractivity contribution is 0.144. The summed E-state index contributed by atoms with van der Waals surface area (Å²) in [7, 11) is 2.16. The van der Waals surface area contributed by atoms with Gasteiger partial charge < -0.3 is 5.73 Å². The highest BCUT2D eigenvalue weighted by atomic mass is 32.1. The first-order valence-electron chi connectivity index (χ1n) is 6.07. The van der Waals surface area contributed by atoms with Gasteiger partial charge in [0.25, 0.3) is 0 Å². The normalized spacial score (nSPS) is 29.1. The minimum absolute atomic E-state index is 0.237. The Morgan fingerprint density at radius 3 is 2.73 bits per heavy atom. The van der Waals surface area contributed by atoms with Crippen LogP contribution >= 0.6 is 12.2 Å². The average Bonchev–Trinajstić information content (AvgIpc) is 2.27. The molecule has 0 heterocycles. The van der Waals surface area contributed by atoms with Gasteiger partial charge in [0.15, 0.2) is 0 Å². The maximum Gasteiger partial charge on any atom is 0.0899 e. The summed E-state index contributed by atoms with van der Waals surface area (Å²) in [5.74, 6) is 0.907. The van der Waals surface area contributed by atoms with Crippen LogP contribution in [0.5, 0.6) is 0 Å². The maximum absolute atomic E-state index is 5.70. The van der Waals surface area contributed by atoms with Crippen LogP contribution in [-0.2, 0) is 0 Å². The Morgan fingerprint density at radius 1 is 1.53 bits per heavy atom. The van der Waals surface area contributed by atoms with E-state index in [2.05, 4.69) is 25.8 Å². The highest BCUT2D eigenvalue weighted by Gasteiger charge is 2.26. The van der Waals surface area contributed by atoms with Crippen molar-refractivity contribution in [2.24, 2.45) is 11.7 Å². The second kappa shape index (κ2) is 5.80. The molecule has 2 N–H and O–H groups in total. The van der Waals surface area contributed by atoms with Gasteiger partial charge in [0, 0.05) is 6.04 Å². The molecule has 3 atom stereocenters. The average molecular weight is 228 g/mol. The number of nitrogens with zero attached hydrogens (tertiary/aromatic N) is 1. The van der Waals surface area contributed by atoms with Gasteiger partial charge in [-0.2, -0.15) is 0 Å². The molecule has 2 nitrogen and oxygen atoms in total. The molecule has 15 heavy (non-hydrogen) atoms. The van der Waals surface area contributed by atoms with Crippen molar-refractivity contribution in [3.8, 4) is 0 Å². The van der Waals surface area contributed by atoms with Crippen LogP contribution in [0.4, 0.5) is 0 Å². The molecule has 3 unspecified atom stereocenters. The van der Waals surface area contributed by atoms with Gasteiger partial charge >= 0.3 is 0 Å². The van der Waals surface area contributed by atoms with E-state index in [0.29, 0.717) is 11.0 Å². The highest BCUT2D eigenvalue weighted by molar-refractivity contribution is 7.80. The van der Waals surface area contributed by atoms with Gasteiger partial charge in [-0.05, 0) is 32.7 Å². The molecule has 0 aromatic heterocycles. The minimum atomic E-state index is 0.237. The van der Waals surface area contributed by atoms with Gasteiger partial charge in [0.1, 0.15) is 0 Å². The van der Waals surface area contributed by atoms with E-state index < -0.39 is 0 Å². The van der Waals surface area contributed by atoms with Crippen LogP contribution in [0, 0.1) is 5.92 Å². The fourth-order valence-corrected chi connectivity index (χ4v) is 2.69. The van der Waals surface area contributed by atoms with Crippen molar-refractivity contribution >= 4 is 17.2 Å². The molecule has 1 fully saturated rings. The lowest BCUT2D eigenvalue weighted by Gasteiger charge is -2.38. The lowest BCUT2D eigenvalue weighted by Crippen LogP contribution is -2.46. The Bertz CT molecular complexity index is 218. The summed E-state index contributed by atoms with van der Waals surface area (Å²) < 4.78 is 0. The van der Waals surface area contributed by atoms with Gasteiger partial charge in [-0.25, -0.2) is 0 Å². The number of hydrogen-bond acceptors (Lipinski definition) is 2. The molecule has 0 bridgehead atoms. The first kappa shape index (κ1) is 12.9. The zero-order chi connectivity index (χ0) is 11.4. The Kier molecular flexibility index (Phi) is 5.00. The standard InChI is InChI=1S/C12H24N2S/c1-4-10-6-5-7-11(8-10)14(3)9(2)12(13)15/h9-11H,4-8H2,1-3H3,(H2,13,15). The van der Waals surface area contributed by atoms with E-state index in [0.717, 1.165) is 5.92 Å². The molecule has 1 aliphatic carbocycles. The third kappa shape index (κ3) is 3.42. The summed E-state index contributed by atoms with van der Waals surface area (Å²) in [4.78, 5) is 2.99. The molecule has 1 rings (SSSR count). The molecule has 0 aliphatic heterocycles. The van der Waals surface area contributed by atoms with E-state index in [4.69, 9.17) is 18.0 Å². The van der Waals surface area contributed by atoms with Crippen LogP contribution in [0.2, 0.25) is 0 Å². The fraction of sp³-hybridized carbons (Fsp3) is 0.917. The van der Waals surface area contributed by atoms with Crippen LogP contribution in [0.1, 0.15) is 46.0 Å². The Balaban J connectivity index is 2.51. The van der Waals surface area contributed by atoms with Crippen molar-refractivity contribution in [1.29, 1.82) is 0 Å². The topological polar surface area (TPSA) is 29.3 Å². The third-order valence-electron chi connectivity index (χ3n) is 3.93. The van der Waals surface area contributed by atoms with Gasteiger partial charge in [-0.15, -0.1) is 0 Å². The molecule has 0 spiro atoms. The largest absolute Gasteiger partial charge is 0.392 e. The SMILES string of the molecule is CCC1CCCC(N(C)C(C)C(N)=S)C1. The van der Waals surface area contributed by atoms with E-state index in [-0.39, 0.29) is 6.04 Å². The van der Waals surface area contributed by atoms with Crippen LogP contribution in [-0.4, -0.2) is 29.0 Å². The summed E-state index contributed by atoms with van der Waals surface area (Å²) in [5, 5.41) is 0. The Hall–Kier alpha value is -0.150. The molecule has 0 aromatic rings. The van der Waals surface area contributed by atoms with Crippen LogP contribution < -0.4 is 5.73 Å². The number of hydrogen-bond donors (Lipinski definition) is 1. The van der Waals surface area contributed by atoms with Gasteiger partial charge in [0.2, 0.25) is 0 Å². The number of thiocarbonyl (C=S) groups is 1. The number of likely N-dealkylation sites (N-methyl/N-ethyl adjacent to an activating group) is 1. The first-order chi connectivity index (χ1) is 7.06. The molecule has 88 valence electrons. The monoisotopic (exact) mass is 228 g/mol. The molecule has 0 aromatic carbocycles. The van der Waals surface area contributed by atoms with Crippen molar-refractivity contribution in [1.82, 2.24) is 4.90 Å². The van der Waals surface area contributed by atoms with Crippen molar-refractivity contribution in [3.05, 3.63) is 0 Å². The van der Waals surface area contributed by atoms with E-state index >= 15 is 0 Å². The number of nitrogens with two attached hydrogens (primary N) is 1. The number of rotatable bonds is 4. The molecule has 0 amide bonds. The van der Waals surface area contributed by atoms with E-state index in [1.807, 2.05) is 0 Å². The fourth-order valence-electron chi connectivity index (χ4n) is 2.52. The first-order valence-corrected chi connectivity index (χ1v) is 6.48. The summed E-state index contributed by atoms with van der Waals surface area (Å²) in [6, 6.07) is 0.917. The van der Waals surface area contributed by atoms with Crippen molar-refractivity contribution in [2.45, 2.75) is 58.0 Å². The Morgan fingerprint density at radius 2 is 2.20 bits per heavy atom. The van der Waals surface area contributed by atoms with E-state index in [1.165, 1.54) is 32.1 Å². The summed E-state index contributed by atoms with van der Waals surface area (Å²) in [6.45, 7) is 4.40. The van der Waals surface area contributed by atoms with Gasteiger partial charge in [0.05, 0.1) is 11.0 Å². The van der Waals surface area contributed by atoms with Gasteiger partial charge in [-0.1, -0.05) is 38.4 Å². The van der Waals surface area contributed by atoms with Crippen molar-refractivity contribution in [2.75, 3.05) is 7.05 Å². The van der Waals surface area contributed by atoms with Crippen molar-refractivity contribution < 1.29 is 0 Å². The molecule has 0 saturated heterocycles. The summed E-state index contributed by atoms with van der Waals surface area (Å²) in [5.41, 5.74) is 5.70. The summed E-state index contributed by atoms with van der Waals surface area (Å²) >= 11 is 5.06. The minimum Gasteiger partial charge on any atom is -0.392 e. The predicted octanol–water partition coefficient (Wildman–Crippen LogP) is 2.56. The molecule has 0 radical (unpaired) electrons. The molecular weight excluding hydrogens is 204 g/mol. The quantitative estimate of drug-likeness (QED) is 0.750. The highest BCUT2D eigenvalue weighted by Crippen LogP contribution is 2.29. The molecular formula is C12H24N2S. The lowest BCUT2D eigenvalue weighted by atomic mass is 9.83. The smallest absolute Gasteiger partial charge is 0.0899 e. The van der Waals surface area contributed by atoms with E-state index in [1.54, 1.807) is 0 Å². The third-order valence-corrected chi connectivity index (χ3v) is 4.27. The second-order valence-electron chi connectivity index (χ2n) is 4.84. The Labute approximate surface area is 99.2 Å². The van der Waals surface area contributed by atoms with E-state index in [9.17, 15) is 0 Å². The summed E-state index contributed by atoms with van der Waals surface area (Å²) in [6.07, 6.45) is 6.70. The molecule has 1 aliphatic rings. The van der Waals surface area contributed by atoms with Crippen LogP contribution in [0.25, 0.3) is 0 Å². The maximum atomic E-state index is 5.70. The van der Waals surface area contributed by atoms with Crippen LogP contribution in [0.3, 0.4) is 0 Å². The molecule has 1 saturated carbocycles. The van der Waals surface area contributed by atoms with Gasteiger partial charge in [-0.3, -0.25) is 4.90 Å². The zero-order valence-electron chi connectivity index (χ0n) is 10.2.